The van der Waals surface area contributed by atoms with Gasteiger partial charge in [0.25, 0.3) is 21.8 Å². The fraction of sp³-hybridized carbons (Fsp3) is 0.312. The number of hydrogen-bond donors (Lipinski definition) is 2. The van der Waals surface area contributed by atoms with Crippen molar-refractivity contribution in [2.75, 3.05) is 5.32 Å². The fourth-order valence-electron chi connectivity index (χ4n) is 2.52. The molecule has 2 aromatic rings. The van der Waals surface area contributed by atoms with Gasteiger partial charge in [-0.15, -0.1) is 0 Å². The first kappa shape index (κ1) is 17.9. The molecule has 0 bridgehead atoms. The molecule has 2 heterocycles. The van der Waals surface area contributed by atoms with Gasteiger partial charge in [-0.25, -0.2) is 13.1 Å². The number of hydrogen-bond acceptors (Lipinski definition) is 6. The molecule has 2 N–H and O–H groups in total. The lowest BCUT2D eigenvalue weighted by Gasteiger charge is -2.24. The van der Waals surface area contributed by atoms with Crippen LogP contribution in [0.3, 0.4) is 0 Å². The zero-order chi connectivity index (χ0) is 19.1. The molecular formula is C16H18N4O5S. The predicted molar refractivity (Wildman–Crippen MR) is 92.5 cm³/mol. The monoisotopic (exact) mass is 378 g/mol. The van der Waals surface area contributed by atoms with Gasteiger partial charge in [0.05, 0.1) is 22.3 Å². The maximum Gasteiger partial charge on any atom is 0.268 e. The van der Waals surface area contributed by atoms with Gasteiger partial charge in [-0.2, -0.15) is 5.10 Å². The van der Waals surface area contributed by atoms with Crippen molar-refractivity contribution in [2.45, 2.75) is 38.3 Å². The number of anilines is 1. The van der Waals surface area contributed by atoms with Gasteiger partial charge in [-0.3, -0.25) is 14.3 Å². The van der Waals surface area contributed by atoms with Gasteiger partial charge in [-0.05, 0) is 32.4 Å². The third-order valence-electron chi connectivity index (χ3n) is 3.94. The average Bonchev–Trinajstić information content (AvgIpc) is 3.04. The number of carbonyl (C=O) groups excluding carboxylic acids is 2. The maximum atomic E-state index is 12.6. The van der Waals surface area contributed by atoms with E-state index in [0.717, 1.165) is 0 Å². The summed E-state index contributed by atoms with van der Waals surface area (Å²) < 4.78 is 34.3. The summed E-state index contributed by atoms with van der Waals surface area (Å²) in [7, 11) is -4.13. The Kier molecular flexibility index (Phi) is 4.45. The Morgan fingerprint density at radius 2 is 2.15 bits per heavy atom. The minimum absolute atomic E-state index is 0.101. The predicted octanol–water partition coefficient (Wildman–Crippen LogP) is 1.05. The summed E-state index contributed by atoms with van der Waals surface area (Å²) in [6.07, 6.45) is 2.02. The SMILES string of the molecule is CCn1cc(C(=O)NS(=O)(=O)c2cc3c(cc2C)NC(=O)[C@@H](C)O3)cn1. The van der Waals surface area contributed by atoms with E-state index in [1.807, 2.05) is 11.6 Å². The van der Waals surface area contributed by atoms with E-state index in [-0.39, 0.29) is 22.1 Å². The second kappa shape index (κ2) is 6.45. The number of carbonyl (C=O) groups is 2. The molecule has 1 atom stereocenters. The molecule has 0 unspecified atom stereocenters. The highest BCUT2D eigenvalue weighted by atomic mass is 32.2. The molecule has 1 aromatic carbocycles. The molecule has 0 aliphatic carbocycles. The van der Waals surface area contributed by atoms with Crippen LogP contribution in [-0.2, 0) is 21.4 Å². The van der Waals surface area contributed by atoms with Gasteiger partial charge >= 0.3 is 0 Å². The zero-order valence-corrected chi connectivity index (χ0v) is 15.3. The summed E-state index contributed by atoms with van der Waals surface area (Å²) in [4.78, 5) is 23.8. The van der Waals surface area contributed by atoms with Crippen molar-refractivity contribution < 1.29 is 22.7 Å². The quantitative estimate of drug-likeness (QED) is 0.821. The highest BCUT2D eigenvalue weighted by Crippen LogP contribution is 2.34. The molecule has 2 amide bonds. The average molecular weight is 378 g/mol. The number of rotatable bonds is 4. The third kappa shape index (κ3) is 3.27. The standard InChI is InChI=1S/C16H18N4O5S/c1-4-20-8-11(7-17-20)16(22)19-26(23,24)14-6-13-12(5-9(14)2)18-15(21)10(3)25-13/h5-8,10H,4H2,1-3H3,(H,18,21)(H,19,22)/t10-/m1/s1. The lowest BCUT2D eigenvalue weighted by molar-refractivity contribution is -0.122. The lowest BCUT2D eigenvalue weighted by atomic mass is 10.1. The molecule has 10 heteroatoms. The minimum atomic E-state index is -4.13. The second-order valence-corrected chi connectivity index (χ2v) is 7.53. The first-order valence-electron chi connectivity index (χ1n) is 7.93. The van der Waals surface area contributed by atoms with Gasteiger partial charge in [0.2, 0.25) is 0 Å². The molecule has 26 heavy (non-hydrogen) atoms. The summed E-state index contributed by atoms with van der Waals surface area (Å²) in [5.74, 6) is -0.854. The van der Waals surface area contributed by atoms with Gasteiger partial charge < -0.3 is 10.1 Å². The Morgan fingerprint density at radius 3 is 2.81 bits per heavy atom. The Balaban J connectivity index is 1.91. The van der Waals surface area contributed by atoms with E-state index in [1.165, 1.54) is 29.2 Å². The van der Waals surface area contributed by atoms with Crippen molar-refractivity contribution in [3.63, 3.8) is 0 Å². The summed E-state index contributed by atoms with van der Waals surface area (Å²) >= 11 is 0. The van der Waals surface area contributed by atoms with Crippen LogP contribution in [0.15, 0.2) is 29.4 Å². The van der Waals surface area contributed by atoms with Gasteiger partial charge in [0.15, 0.2) is 6.10 Å². The summed E-state index contributed by atoms with van der Waals surface area (Å²) in [6, 6.07) is 2.79. The van der Waals surface area contributed by atoms with Crippen LogP contribution in [0.1, 0.15) is 29.8 Å². The van der Waals surface area contributed by atoms with Crippen LogP contribution in [0.4, 0.5) is 5.69 Å². The molecule has 0 radical (unpaired) electrons. The van der Waals surface area contributed by atoms with Gasteiger partial charge in [0.1, 0.15) is 5.75 Å². The highest BCUT2D eigenvalue weighted by molar-refractivity contribution is 7.90. The Morgan fingerprint density at radius 1 is 1.42 bits per heavy atom. The summed E-state index contributed by atoms with van der Waals surface area (Å²) in [5.41, 5.74) is 0.898. The number of amides is 2. The largest absolute Gasteiger partial charge is 0.479 e. The van der Waals surface area contributed by atoms with E-state index in [2.05, 4.69) is 10.4 Å². The smallest absolute Gasteiger partial charge is 0.268 e. The van der Waals surface area contributed by atoms with Crippen LogP contribution < -0.4 is 14.8 Å². The van der Waals surface area contributed by atoms with Crippen LogP contribution in [0.2, 0.25) is 0 Å². The molecule has 0 fully saturated rings. The number of ether oxygens (including phenoxy) is 1. The molecular weight excluding hydrogens is 360 g/mol. The molecule has 1 aliphatic heterocycles. The normalized spacial score (nSPS) is 16.4. The summed E-state index contributed by atoms with van der Waals surface area (Å²) in [5, 5.41) is 6.60. The minimum Gasteiger partial charge on any atom is -0.479 e. The van der Waals surface area contributed by atoms with Crippen LogP contribution in [0, 0.1) is 6.92 Å². The van der Waals surface area contributed by atoms with E-state index in [0.29, 0.717) is 17.8 Å². The van der Waals surface area contributed by atoms with Crippen molar-refractivity contribution in [3.8, 4) is 5.75 Å². The zero-order valence-electron chi connectivity index (χ0n) is 14.4. The number of aryl methyl sites for hydroxylation is 2. The number of sulfonamides is 1. The number of nitrogens with zero attached hydrogens (tertiary/aromatic N) is 2. The highest BCUT2D eigenvalue weighted by Gasteiger charge is 2.28. The van der Waals surface area contributed by atoms with E-state index < -0.39 is 22.0 Å². The van der Waals surface area contributed by atoms with Crippen molar-refractivity contribution in [1.82, 2.24) is 14.5 Å². The number of fused-ring (bicyclic) bond motifs is 1. The number of benzene rings is 1. The van der Waals surface area contributed by atoms with Crippen LogP contribution in [-0.4, -0.2) is 36.1 Å². The topological polar surface area (TPSA) is 119 Å². The number of nitrogens with one attached hydrogen (secondary N) is 2. The van der Waals surface area contributed by atoms with Crippen LogP contribution >= 0.6 is 0 Å². The molecule has 9 nitrogen and oxygen atoms in total. The molecule has 1 aliphatic rings. The van der Waals surface area contributed by atoms with Crippen molar-refractivity contribution in [3.05, 3.63) is 35.7 Å². The number of aromatic nitrogens is 2. The van der Waals surface area contributed by atoms with Crippen LogP contribution in [0.5, 0.6) is 5.75 Å². The molecule has 138 valence electrons. The van der Waals surface area contributed by atoms with Crippen LogP contribution in [0.25, 0.3) is 0 Å². The summed E-state index contributed by atoms with van der Waals surface area (Å²) in [6.45, 7) is 5.53. The van der Waals surface area contributed by atoms with E-state index >= 15 is 0 Å². The van der Waals surface area contributed by atoms with Gasteiger partial charge in [-0.1, -0.05) is 0 Å². The first-order valence-corrected chi connectivity index (χ1v) is 9.41. The first-order chi connectivity index (χ1) is 12.2. The molecule has 0 saturated carbocycles. The van der Waals surface area contributed by atoms with Crippen molar-refractivity contribution >= 4 is 27.5 Å². The van der Waals surface area contributed by atoms with E-state index in [1.54, 1.807) is 13.8 Å². The molecule has 3 rings (SSSR count). The van der Waals surface area contributed by atoms with Crippen molar-refractivity contribution in [2.24, 2.45) is 0 Å². The lowest BCUT2D eigenvalue weighted by Crippen LogP contribution is -2.35. The third-order valence-corrected chi connectivity index (χ3v) is 5.42. The maximum absolute atomic E-state index is 12.6. The molecule has 0 saturated heterocycles. The van der Waals surface area contributed by atoms with Gasteiger partial charge in [0, 0.05) is 18.8 Å². The van der Waals surface area contributed by atoms with E-state index in [4.69, 9.17) is 4.74 Å². The van der Waals surface area contributed by atoms with Crippen molar-refractivity contribution in [1.29, 1.82) is 0 Å². The Labute approximate surface area is 150 Å². The second-order valence-electron chi connectivity index (χ2n) is 5.88. The molecule has 0 spiro atoms. The Bertz CT molecular complexity index is 996. The Hall–Kier alpha value is -2.88. The fourth-order valence-corrected chi connectivity index (χ4v) is 3.74. The van der Waals surface area contributed by atoms with E-state index in [9.17, 15) is 18.0 Å². The molecule has 1 aromatic heterocycles.